The summed E-state index contributed by atoms with van der Waals surface area (Å²) >= 11 is 0. The van der Waals surface area contributed by atoms with Crippen molar-refractivity contribution in [3.05, 3.63) is 0 Å². The quantitative estimate of drug-likeness (QED) is 0.636. The van der Waals surface area contributed by atoms with E-state index in [2.05, 4.69) is 10.1 Å². The number of carbonyl (C=O) groups is 2. The standard InChI is InChI=1S/C8H13NO3/c1-12-8(11)9-7(5-10)6-3-2-4-6/h5-7H,2-4H2,1H3,(H,9,11)/t7-/m1/s1. The Bertz CT molecular complexity index is 177. The van der Waals surface area contributed by atoms with E-state index in [1.165, 1.54) is 7.11 Å². The Kier molecular flexibility index (Phi) is 3.08. The van der Waals surface area contributed by atoms with E-state index in [0.717, 1.165) is 25.5 Å². The number of aldehydes is 1. The molecule has 0 radical (unpaired) electrons. The average Bonchev–Trinajstić information content (AvgIpc) is 1.99. The summed E-state index contributed by atoms with van der Waals surface area (Å²) in [4.78, 5) is 21.3. The first-order valence-corrected chi connectivity index (χ1v) is 4.07. The first kappa shape index (κ1) is 9.03. The van der Waals surface area contributed by atoms with Crippen molar-refractivity contribution in [2.75, 3.05) is 7.11 Å². The molecule has 0 spiro atoms. The van der Waals surface area contributed by atoms with Crippen molar-refractivity contribution in [1.29, 1.82) is 0 Å². The van der Waals surface area contributed by atoms with E-state index >= 15 is 0 Å². The highest BCUT2D eigenvalue weighted by Crippen LogP contribution is 2.28. The van der Waals surface area contributed by atoms with Gasteiger partial charge in [0.2, 0.25) is 0 Å². The molecule has 0 unspecified atom stereocenters. The fraction of sp³-hybridized carbons (Fsp3) is 0.750. The second-order valence-electron chi connectivity index (χ2n) is 2.99. The van der Waals surface area contributed by atoms with Crippen LogP contribution in [0.5, 0.6) is 0 Å². The van der Waals surface area contributed by atoms with E-state index in [9.17, 15) is 9.59 Å². The van der Waals surface area contributed by atoms with Crippen molar-refractivity contribution in [3.8, 4) is 0 Å². The molecule has 0 saturated heterocycles. The first-order chi connectivity index (χ1) is 5.77. The highest BCUT2D eigenvalue weighted by molar-refractivity contribution is 5.73. The van der Waals surface area contributed by atoms with Crippen LogP contribution >= 0.6 is 0 Å². The number of rotatable bonds is 3. The van der Waals surface area contributed by atoms with Gasteiger partial charge in [-0.05, 0) is 18.8 Å². The summed E-state index contributed by atoms with van der Waals surface area (Å²) < 4.78 is 4.39. The van der Waals surface area contributed by atoms with E-state index in [0.29, 0.717) is 5.92 Å². The van der Waals surface area contributed by atoms with Crippen LogP contribution in [0.3, 0.4) is 0 Å². The van der Waals surface area contributed by atoms with Crippen LogP contribution in [-0.2, 0) is 9.53 Å². The summed E-state index contributed by atoms with van der Waals surface area (Å²) in [6.07, 6.45) is 3.44. The third-order valence-corrected chi connectivity index (χ3v) is 2.27. The molecule has 1 amide bonds. The monoisotopic (exact) mass is 171 g/mol. The molecule has 0 aromatic carbocycles. The van der Waals surface area contributed by atoms with Gasteiger partial charge < -0.3 is 14.8 Å². The highest BCUT2D eigenvalue weighted by Gasteiger charge is 2.28. The minimum absolute atomic E-state index is 0.321. The fourth-order valence-electron chi connectivity index (χ4n) is 1.26. The van der Waals surface area contributed by atoms with Gasteiger partial charge in [0.1, 0.15) is 6.29 Å². The number of carbonyl (C=O) groups excluding carboxylic acids is 2. The lowest BCUT2D eigenvalue weighted by molar-refractivity contribution is -0.111. The molecular formula is C8H13NO3. The van der Waals surface area contributed by atoms with Crippen molar-refractivity contribution in [2.24, 2.45) is 5.92 Å². The number of hydrogen-bond acceptors (Lipinski definition) is 3. The molecule has 0 bridgehead atoms. The maximum Gasteiger partial charge on any atom is 0.407 e. The van der Waals surface area contributed by atoms with Crippen LogP contribution in [0.1, 0.15) is 19.3 Å². The average molecular weight is 171 g/mol. The van der Waals surface area contributed by atoms with Gasteiger partial charge >= 0.3 is 6.09 Å². The summed E-state index contributed by atoms with van der Waals surface area (Å²) in [5, 5.41) is 2.49. The highest BCUT2D eigenvalue weighted by atomic mass is 16.5. The van der Waals surface area contributed by atoms with Gasteiger partial charge in [-0.3, -0.25) is 0 Å². The molecule has 0 aromatic rings. The SMILES string of the molecule is COC(=O)N[C@H](C=O)C1CCC1. The molecular weight excluding hydrogens is 158 g/mol. The molecule has 1 saturated carbocycles. The summed E-state index contributed by atoms with van der Waals surface area (Å²) in [7, 11) is 1.29. The van der Waals surface area contributed by atoms with Crippen LogP contribution < -0.4 is 5.32 Å². The molecule has 12 heavy (non-hydrogen) atoms. The molecule has 0 aromatic heterocycles. The maximum atomic E-state index is 10.7. The molecule has 1 atom stereocenters. The van der Waals surface area contributed by atoms with E-state index in [1.807, 2.05) is 0 Å². The zero-order valence-corrected chi connectivity index (χ0v) is 7.08. The molecule has 1 rings (SSSR count). The predicted molar refractivity (Wildman–Crippen MR) is 42.7 cm³/mol. The molecule has 0 heterocycles. The first-order valence-electron chi connectivity index (χ1n) is 4.07. The summed E-state index contributed by atoms with van der Waals surface area (Å²) in [5.41, 5.74) is 0. The van der Waals surface area contributed by atoms with Crippen molar-refractivity contribution < 1.29 is 14.3 Å². The van der Waals surface area contributed by atoms with Crippen molar-refractivity contribution in [2.45, 2.75) is 25.3 Å². The van der Waals surface area contributed by atoms with E-state index in [-0.39, 0.29) is 6.04 Å². The fourth-order valence-corrected chi connectivity index (χ4v) is 1.26. The van der Waals surface area contributed by atoms with Gasteiger partial charge in [0.05, 0.1) is 13.2 Å². The van der Waals surface area contributed by atoms with Crippen LogP contribution in [0.2, 0.25) is 0 Å². The number of amides is 1. The molecule has 1 aliphatic carbocycles. The van der Waals surface area contributed by atoms with E-state index in [4.69, 9.17) is 0 Å². The summed E-state index contributed by atoms with van der Waals surface area (Å²) in [6, 6.07) is -0.355. The topological polar surface area (TPSA) is 55.4 Å². The van der Waals surface area contributed by atoms with Crippen molar-refractivity contribution >= 4 is 12.4 Å². The van der Waals surface area contributed by atoms with Crippen LogP contribution in [0.25, 0.3) is 0 Å². The third-order valence-electron chi connectivity index (χ3n) is 2.27. The van der Waals surface area contributed by atoms with E-state index in [1.54, 1.807) is 0 Å². The van der Waals surface area contributed by atoms with Crippen LogP contribution in [-0.4, -0.2) is 25.5 Å². The zero-order valence-electron chi connectivity index (χ0n) is 7.08. The second-order valence-corrected chi connectivity index (χ2v) is 2.99. The lowest BCUT2D eigenvalue weighted by atomic mass is 9.80. The van der Waals surface area contributed by atoms with Gasteiger partial charge in [-0.25, -0.2) is 4.79 Å². The largest absolute Gasteiger partial charge is 0.453 e. The third kappa shape index (κ3) is 1.96. The maximum absolute atomic E-state index is 10.7. The Morgan fingerprint density at radius 3 is 2.67 bits per heavy atom. The number of nitrogens with one attached hydrogen (secondary N) is 1. The smallest absolute Gasteiger partial charge is 0.407 e. The van der Waals surface area contributed by atoms with Gasteiger partial charge in [-0.2, -0.15) is 0 Å². The Morgan fingerprint density at radius 1 is 1.67 bits per heavy atom. The predicted octanol–water partition coefficient (Wildman–Crippen LogP) is 0.710. The van der Waals surface area contributed by atoms with Crippen molar-refractivity contribution in [3.63, 3.8) is 0 Å². The molecule has 1 aliphatic rings. The molecule has 0 aliphatic heterocycles. The van der Waals surface area contributed by atoms with Gasteiger partial charge in [0, 0.05) is 0 Å². The Hall–Kier alpha value is -1.06. The lowest BCUT2D eigenvalue weighted by Gasteiger charge is -2.30. The summed E-state index contributed by atoms with van der Waals surface area (Å²) in [6.45, 7) is 0. The summed E-state index contributed by atoms with van der Waals surface area (Å²) in [5.74, 6) is 0.321. The molecule has 1 N–H and O–H groups in total. The number of alkyl carbamates (subject to hydrolysis) is 1. The van der Waals surface area contributed by atoms with Crippen LogP contribution in [0.4, 0.5) is 4.79 Å². The molecule has 1 fully saturated rings. The number of ether oxygens (including phenoxy) is 1. The van der Waals surface area contributed by atoms with Gasteiger partial charge in [-0.1, -0.05) is 6.42 Å². The van der Waals surface area contributed by atoms with Crippen LogP contribution in [0, 0.1) is 5.92 Å². The Labute approximate surface area is 71.3 Å². The van der Waals surface area contributed by atoms with Crippen molar-refractivity contribution in [1.82, 2.24) is 5.32 Å². The lowest BCUT2D eigenvalue weighted by Crippen LogP contribution is -2.43. The second kappa shape index (κ2) is 4.09. The number of hydrogen-bond donors (Lipinski definition) is 1. The Balaban J connectivity index is 2.34. The normalized spacial score (nSPS) is 19.1. The zero-order chi connectivity index (χ0) is 8.97. The number of methoxy groups -OCH3 is 1. The van der Waals surface area contributed by atoms with Gasteiger partial charge in [0.25, 0.3) is 0 Å². The van der Waals surface area contributed by atoms with Gasteiger partial charge in [0.15, 0.2) is 0 Å². The van der Waals surface area contributed by atoms with Crippen LogP contribution in [0.15, 0.2) is 0 Å². The molecule has 4 nitrogen and oxygen atoms in total. The minimum atomic E-state index is -0.529. The Morgan fingerprint density at radius 2 is 2.33 bits per heavy atom. The molecule has 68 valence electrons. The minimum Gasteiger partial charge on any atom is -0.453 e. The van der Waals surface area contributed by atoms with Gasteiger partial charge in [-0.15, -0.1) is 0 Å². The molecule has 4 heteroatoms. The van der Waals surface area contributed by atoms with E-state index < -0.39 is 6.09 Å².